The minimum Gasteiger partial charge on any atom is -0.459 e. The van der Waals surface area contributed by atoms with Crippen LogP contribution in [0.25, 0.3) is 0 Å². The quantitative estimate of drug-likeness (QED) is 0.567. The predicted molar refractivity (Wildman–Crippen MR) is 89.0 cm³/mol. The van der Waals surface area contributed by atoms with E-state index in [1.165, 1.54) is 4.90 Å². The summed E-state index contributed by atoms with van der Waals surface area (Å²) in [5.74, 6) is -0.448. The van der Waals surface area contributed by atoms with Crippen LogP contribution in [0.2, 0.25) is 0 Å². The molecule has 0 bridgehead atoms. The number of benzene rings is 1. The van der Waals surface area contributed by atoms with Crippen molar-refractivity contribution >= 4 is 12.1 Å². The zero-order valence-corrected chi connectivity index (χ0v) is 14.5. The lowest BCUT2D eigenvalue weighted by molar-refractivity contribution is -0.147. The van der Waals surface area contributed by atoms with Gasteiger partial charge in [-0.3, -0.25) is 9.69 Å². The molecule has 0 radical (unpaired) electrons. The average molecular weight is 321 g/mol. The molecule has 1 aromatic carbocycles. The van der Waals surface area contributed by atoms with Crippen molar-refractivity contribution in [3.05, 3.63) is 35.9 Å². The van der Waals surface area contributed by atoms with Gasteiger partial charge in [0.25, 0.3) is 0 Å². The number of ether oxygens (including phenoxy) is 2. The van der Waals surface area contributed by atoms with E-state index < -0.39 is 17.6 Å². The number of unbranched alkanes of at least 4 members (excludes halogenated alkanes) is 1. The first-order valence-electron chi connectivity index (χ1n) is 7.98. The van der Waals surface area contributed by atoms with Gasteiger partial charge in [-0.1, -0.05) is 43.7 Å². The Morgan fingerprint density at radius 3 is 2.30 bits per heavy atom. The monoisotopic (exact) mass is 321 g/mol. The van der Waals surface area contributed by atoms with Crippen LogP contribution in [0.1, 0.15) is 46.1 Å². The summed E-state index contributed by atoms with van der Waals surface area (Å²) in [6.45, 7) is 8.04. The van der Waals surface area contributed by atoms with Crippen LogP contribution in [0, 0.1) is 0 Å². The minimum absolute atomic E-state index is 0.124. The van der Waals surface area contributed by atoms with E-state index in [9.17, 15) is 9.59 Å². The zero-order valence-electron chi connectivity index (χ0n) is 14.5. The third-order valence-corrected chi connectivity index (χ3v) is 3.28. The Morgan fingerprint density at radius 1 is 1.09 bits per heavy atom. The van der Waals surface area contributed by atoms with Crippen LogP contribution in [-0.2, 0) is 20.9 Å². The summed E-state index contributed by atoms with van der Waals surface area (Å²) in [5.41, 5.74) is 0.392. The molecule has 0 heterocycles. The first-order valence-corrected chi connectivity index (χ1v) is 7.98. The summed E-state index contributed by atoms with van der Waals surface area (Å²) in [6.07, 6.45) is 1.27. The highest BCUT2D eigenvalue weighted by Crippen LogP contribution is 2.15. The van der Waals surface area contributed by atoms with Crippen molar-refractivity contribution in [3.63, 3.8) is 0 Å². The highest BCUT2D eigenvalue weighted by atomic mass is 16.6. The predicted octanol–water partition coefficient (Wildman–Crippen LogP) is 3.77. The van der Waals surface area contributed by atoms with Crippen LogP contribution in [-0.4, -0.2) is 35.7 Å². The largest absolute Gasteiger partial charge is 0.459 e. The van der Waals surface area contributed by atoms with Gasteiger partial charge in [0.1, 0.15) is 13.2 Å². The van der Waals surface area contributed by atoms with Crippen LogP contribution in [0.5, 0.6) is 0 Å². The molecule has 0 saturated heterocycles. The molecule has 0 atom stereocenters. The van der Waals surface area contributed by atoms with Gasteiger partial charge in [0.15, 0.2) is 0 Å². The van der Waals surface area contributed by atoms with E-state index in [4.69, 9.17) is 9.47 Å². The maximum Gasteiger partial charge on any atom is 0.410 e. The fourth-order valence-corrected chi connectivity index (χ4v) is 1.87. The molecule has 1 rings (SSSR count). The fourth-order valence-electron chi connectivity index (χ4n) is 1.87. The molecule has 1 amide bonds. The Hall–Kier alpha value is -2.04. The second kappa shape index (κ2) is 9.18. The molecule has 23 heavy (non-hydrogen) atoms. The molecule has 0 aliphatic carbocycles. The van der Waals surface area contributed by atoms with Crippen molar-refractivity contribution in [3.8, 4) is 0 Å². The van der Waals surface area contributed by atoms with Gasteiger partial charge in [-0.2, -0.15) is 0 Å². The summed E-state index contributed by atoms with van der Waals surface area (Å²) < 4.78 is 10.5. The van der Waals surface area contributed by atoms with Gasteiger partial charge in [0.2, 0.25) is 0 Å². The molecular weight excluding hydrogens is 294 g/mol. The first kappa shape index (κ1) is 19.0. The summed E-state index contributed by atoms with van der Waals surface area (Å²) in [6, 6.07) is 9.44. The van der Waals surface area contributed by atoms with Gasteiger partial charge in [-0.25, -0.2) is 4.79 Å². The Balaban J connectivity index is 2.55. The van der Waals surface area contributed by atoms with Crippen molar-refractivity contribution < 1.29 is 19.1 Å². The van der Waals surface area contributed by atoms with Gasteiger partial charge in [0.05, 0.1) is 6.61 Å². The Bertz CT molecular complexity index is 493. The number of rotatable bonds is 7. The molecule has 128 valence electrons. The third kappa shape index (κ3) is 7.17. The molecule has 1 aromatic rings. The lowest BCUT2D eigenvalue weighted by Gasteiger charge is -2.33. The molecule has 5 nitrogen and oxygen atoms in total. The number of hydrogen-bond acceptors (Lipinski definition) is 4. The van der Waals surface area contributed by atoms with E-state index in [1.54, 1.807) is 0 Å². The van der Waals surface area contributed by atoms with Crippen LogP contribution in [0.3, 0.4) is 0 Å². The second-order valence-corrected chi connectivity index (χ2v) is 6.37. The van der Waals surface area contributed by atoms with Crippen molar-refractivity contribution in [1.29, 1.82) is 0 Å². The second-order valence-electron chi connectivity index (χ2n) is 6.37. The molecule has 0 N–H and O–H groups in total. The van der Waals surface area contributed by atoms with Crippen molar-refractivity contribution in [2.45, 2.75) is 52.7 Å². The smallest absolute Gasteiger partial charge is 0.410 e. The lowest BCUT2D eigenvalue weighted by Crippen LogP contribution is -2.48. The molecular formula is C18H27NO4. The highest BCUT2D eigenvalue weighted by Gasteiger charge is 2.30. The zero-order chi connectivity index (χ0) is 17.3. The molecule has 0 saturated carbocycles. The van der Waals surface area contributed by atoms with E-state index in [0.29, 0.717) is 6.61 Å². The van der Waals surface area contributed by atoms with Crippen molar-refractivity contribution in [1.82, 2.24) is 4.90 Å². The lowest BCUT2D eigenvalue weighted by atomic mass is 10.1. The van der Waals surface area contributed by atoms with Gasteiger partial charge < -0.3 is 9.47 Å². The highest BCUT2D eigenvalue weighted by molar-refractivity contribution is 5.78. The molecule has 0 aliphatic rings. The molecule has 0 aromatic heterocycles. The van der Waals surface area contributed by atoms with E-state index in [1.807, 2.05) is 58.0 Å². The number of esters is 1. The number of amides is 1. The first-order chi connectivity index (χ1) is 10.8. The van der Waals surface area contributed by atoms with Crippen molar-refractivity contribution in [2.24, 2.45) is 0 Å². The van der Waals surface area contributed by atoms with E-state index >= 15 is 0 Å². The normalized spacial score (nSPS) is 11.0. The molecule has 0 spiro atoms. The SMILES string of the molecule is CCCCOC(=O)N(CC(=O)OCc1ccccc1)C(C)(C)C. The Labute approximate surface area is 138 Å². The van der Waals surface area contributed by atoms with Crippen LogP contribution >= 0.6 is 0 Å². The summed E-state index contributed by atoms with van der Waals surface area (Å²) >= 11 is 0. The molecule has 5 heteroatoms. The molecule has 0 fully saturated rings. The summed E-state index contributed by atoms with van der Waals surface area (Å²) in [4.78, 5) is 25.6. The van der Waals surface area contributed by atoms with Crippen LogP contribution < -0.4 is 0 Å². The van der Waals surface area contributed by atoms with E-state index in [-0.39, 0.29) is 13.2 Å². The minimum atomic E-state index is -0.519. The van der Waals surface area contributed by atoms with Gasteiger partial charge in [-0.15, -0.1) is 0 Å². The summed E-state index contributed by atoms with van der Waals surface area (Å²) in [7, 11) is 0. The standard InChI is InChI=1S/C18H27NO4/c1-5-6-12-22-17(21)19(18(2,3)4)13-16(20)23-14-15-10-8-7-9-11-15/h7-11H,5-6,12-14H2,1-4H3. The van der Waals surface area contributed by atoms with Gasteiger partial charge in [-0.05, 0) is 32.8 Å². The Kier molecular flexibility index (Phi) is 7.59. The van der Waals surface area contributed by atoms with Crippen LogP contribution in [0.15, 0.2) is 30.3 Å². The maximum atomic E-state index is 12.2. The maximum absolute atomic E-state index is 12.2. The van der Waals surface area contributed by atoms with Crippen molar-refractivity contribution in [2.75, 3.05) is 13.2 Å². The van der Waals surface area contributed by atoms with E-state index in [0.717, 1.165) is 18.4 Å². The molecule has 0 unspecified atom stereocenters. The Morgan fingerprint density at radius 2 is 1.74 bits per heavy atom. The van der Waals surface area contributed by atoms with Crippen LogP contribution in [0.4, 0.5) is 4.79 Å². The summed E-state index contributed by atoms with van der Waals surface area (Å²) in [5, 5.41) is 0. The van der Waals surface area contributed by atoms with Gasteiger partial charge >= 0.3 is 12.1 Å². The van der Waals surface area contributed by atoms with E-state index in [2.05, 4.69) is 0 Å². The topological polar surface area (TPSA) is 55.8 Å². The number of nitrogens with zero attached hydrogens (tertiary/aromatic N) is 1. The molecule has 0 aliphatic heterocycles. The number of carbonyl (C=O) groups is 2. The van der Waals surface area contributed by atoms with Gasteiger partial charge in [0, 0.05) is 5.54 Å². The number of hydrogen-bond donors (Lipinski definition) is 0. The fraction of sp³-hybridized carbons (Fsp3) is 0.556. The number of carbonyl (C=O) groups excluding carboxylic acids is 2. The average Bonchev–Trinajstić information content (AvgIpc) is 2.50. The third-order valence-electron chi connectivity index (χ3n) is 3.28.